The third kappa shape index (κ3) is 18.9. The average Bonchev–Trinajstić information content (AvgIpc) is 2.32. The zero-order chi connectivity index (χ0) is 15.3. The van der Waals surface area contributed by atoms with Crippen molar-refractivity contribution < 1.29 is 38.8 Å². The zero-order valence-electron chi connectivity index (χ0n) is 11.2. The monoisotopic (exact) mass is 280 g/mol. The Balaban J connectivity index is 0. The Kier molecular flexibility index (Phi) is 13.2. The van der Waals surface area contributed by atoms with Crippen molar-refractivity contribution in [3.8, 4) is 0 Å². The fourth-order valence-corrected chi connectivity index (χ4v) is 0.771. The number of carbonyl (C=O) groups excluding carboxylic acids is 3. The second-order valence-corrected chi connectivity index (χ2v) is 3.28. The molecule has 0 bridgehead atoms. The number of carbonyl (C=O) groups is 3. The van der Waals surface area contributed by atoms with Crippen molar-refractivity contribution >= 4 is 17.9 Å². The highest BCUT2D eigenvalue weighted by molar-refractivity contribution is 5.67. The summed E-state index contributed by atoms with van der Waals surface area (Å²) in [5.74, 6) is -1.51. The summed E-state index contributed by atoms with van der Waals surface area (Å²) in [7, 11) is 0. The Morgan fingerprint density at radius 3 is 1.42 bits per heavy atom. The van der Waals surface area contributed by atoms with Crippen molar-refractivity contribution in [3.63, 3.8) is 0 Å². The van der Waals surface area contributed by atoms with Crippen LogP contribution in [0, 0.1) is 0 Å². The number of ether oxygens (including phenoxy) is 3. The quantitative estimate of drug-likeness (QED) is 0.470. The van der Waals surface area contributed by atoms with Crippen molar-refractivity contribution in [2.24, 2.45) is 0 Å². The van der Waals surface area contributed by atoms with E-state index in [1.807, 2.05) is 0 Å². The highest BCUT2D eigenvalue weighted by Crippen LogP contribution is 1.97. The van der Waals surface area contributed by atoms with Crippen LogP contribution in [0.15, 0.2) is 0 Å². The summed E-state index contributed by atoms with van der Waals surface area (Å²) in [5, 5.41) is 15.2. The van der Waals surface area contributed by atoms with Crippen molar-refractivity contribution in [1.82, 2.24) is 0 Å². The summed E-state index contributed by atoms with van der Waals surface area (Å²) in [6.07, 6.45) is -0.754. The fraction of sp³-hybridized carbons (Fsp3) is 0.727. The molecule has 0 aliphatic heterocycles. The maximum Gasteiger partial charge on any atom is 0.303 e. The standard InChI is InChI=1S/C9H14O6.C2H6O2/c1-6(10)13-4-9(15-8(3)12)5-14-7(2)11;3-1-2-4/h9H,4-5H2,1-3H3;3-4H,1-2H2. The summed E-state index contributed by atoms with van der Waals surface area (Å²) in [6, 6.07) is 0. The maximum atomic E-state index is 10.6. The third-order valence-electron chi connectivity index (χ3n) is 1.38. The van der Waals surface area contributed by atoms with Crippen LogP contribution in [-0.4, -0.2) is 60.7 Å². The maximum absolute atomic E-state index is 10.6. The van der Waals surface area contributed by atoms with Gasteiger partial charge in [0, 0.05) is 20.8 Å². The minimum absolute atomic E-state index is 0.123. The van der Waals surface area contributed by atoms with Gasteiger partial charge in [-0.1, -0.05) is 0 Å². The molecule has 0 aliphatic carbocycles. The van der Waals surface area contributed by atoms with E-state index in [-0.39, 0.29) is 26.4 Å². The first kappa shape index (κ1) is 19.7. The predicted octanol–water partition coefficient (Wildman–Crippen LogP) is -0.985. The number of aliphatic hydroxyl groups is 2. The minimum Gasteiger partial charge on any atom is -0.462 e. The molecule has 0 aromatic carbocycles. The van der Waals surface area contributed by atoms with E-state index in [0.717, 1.165) is 0 Å². The van der Waals surface area contributed by atoms with E-state index in [4.69, 9.17) is 14.9 Å². The first-order chi connectivity index (χ1) is 8.83. The summed E-state index contributed by atoms with van der Waals surface area (Å²) in [6.45, 7) is 3.19. The van der Waals surface area contributed by atoms with Gasteiger partial charge in [-0.15, -0.1) is 0 Å². The smallest absolute Gasteiger partial charge is 0.303 e. The van der Waals surface area contributed by atoms with Gasteiger partial charge in [-0.25, -0.2) is 0 Å². The Hall–Kier alpha value is -1.67. The van der Waals surface area contributed by atoms with Crippen LogP contribution in [-0.2, 0) is 28.6 Å². The molecular formula is C11H20O8. The lowest BCUT2D eigenvalue weighted by atomic mass is 10.4. The highest BCUT2D eigenvalue weighted by Gasteiger charge is 2.15. The normalized spacial score (nSPS) is 9.16. The number of rotatable bonds is 6. The molecule has 0 rings (SSSR count). The summed E-state index contributed by atoms with van der Waals surface area (Å²) in [5.41, 5.74) is 0. The van der Waals surface area contributed by atoms with Gasteiger partial charge in [-0.2, -0.15) is 0 Å². The van der Waals surface area contributed by atoms with Crippen molar-refractivity contribution in [2.75, 3.05) is 26.4 Å². The van der Waals surface area contributed by atoms with E-state index in [2.05, 4.69) is 9.47 Å². The van der Waals surface area contributed by atoms with Crippen LogP contribution in [0.5, 0.6) is 0 Å². The summed E-state index contributed by atoms with van der Waals surface area (Å²) >= 11 is 0. The first-order valence-corrected chi connectivity index (χ1v) is 5.49. The molecule has 19 heavy (non-hydrogen) atoms. The highest BCUT2D eigenvalue weighted by atomic mass is 16.6. The number of aliphatic hydroxyl groups excluding tert-OH is 2. The lowest BCUT2D eigenvalue weighted by Gasteiger charge is -2.15. The average molecular weight is 280 g/mol. The van der Waals surface area contributed by atoms with E-state index in [0.29, 0.717) is 0 Å². The van der Waals surface area contributed by atoms with Gasteiger partial charge in [0.15, 0.2) is 6.10 Å². The minimum atomic E-state index is -0.754. The molecule has 0 fully saturated rings. The molecular weight excluding hydrogens is 260 g/mol. The van der Waals surface area contributed by atoms with Gasteiger partial charge >= 0.3 is 17.9 Å². The second kappa shape index (κ2) is 12.8. The molecule has 8 heteroatoms. The molecule has 0 heterocycles. The molecule has 0 spiro atoms. The molecule has 0 atom stereocenters. The Morgan fingerprint density at radius 1 is 0.842 bits per heavy atom. The van der Waals surface area contributed by atoms with Crippen molar-refractivity contribution in [3.05, 3.63) is 0 Å². The summed E-state index contributed by atoms with van der Waals surface area (Å²) in [4.78, 5) is 31.6. The van der Waals surface area contributed by atoms with Crippen LogP contribution in [0.25, 0.3) is 0 Å². The molecule has 0 amide bonds. The van der Waals surface area contributed by atoms with Gasteiger partial charge in [0.2, 0.25) is 0 Å². The number of esters is 3. The molecule has 0 radical (unpaired) electrons. The molecule has 0 saturated carbocycles. The molecule has 0 unspecified atom stereocenters. The SMILES string of the molecule is CC(=O)OCC(COC(C)=O)OC(C)=O.OCCO. The van der Waals surface area contributed by atoms with Crippen LogP contribution in [0.2, 0.25) is 0 Å². The predicted molar refractivity (Wildman–Crippen MR) is 63.0 cm³/mol. The van der Waals surface area contributed by atoms with Crippen LogP contribution < -0.4 is 0 Å². The molecule has 0 saturated heterocycles. The molecule has 8 nitrogen and oxygen atoms in total. The lowest BCUT2D eigenvalue weighted by molar-refractivity contribution is -0.163. The van der Waals surface area contributed by atoms with E-state index < -0.39 is 24.0 Å². The number of hydrogen-bond donors (Lipinski definition) is 2. The molecule has 0 aromatic rings. The molecule has 112 valence electrons. The van der Waals surface area contributed by atoms with E-state index in [9.17, 15) is 14.4 Å². The van der Waals surface area contributed by atoms with Gasteiger partial charge < -0.3 is 24.4 Å². The lowest BCUT2D eigenvalue weighted by Crippen LogP contribution is -2.29. The first-order valence-electron chi connectivity index (χ1n) is 5.49. The van der Waals surface area contributed by atoms with Crippen molar-refractivity contribution in [2.45, 2.75) is 26.9 Å². The third-order valence-corrected chi connectivity index (χ3v) is 1.38. The molecule has 0 aromatic heterocycles. The summed E-state index contributed by atoms with van der Waals surface area (Å²) < 4.78 is 14.0. The van der Waals surface area contributed by atoms with Gasteiger partial charge in [-0.3, -0.25) is 14.4 Å². The fourth-order valence-electron chi connectivity index (χ4n) is 0.771. The Bertz CT molecular complexity index is 256. The van der Waals surface area contributed by atoms with E-state index in [1.165, 1.54) is 20.8 Å². The van der Waals surface area contributed by atoms with Crippen LogP contribution in [0.1, 0.15) is 20.8 Å². The number of hydrogen-bond acceptors (Lipinski definition) is 8. The van der Waals surface area contributed by atoms with Crippen LogP contribution >= 0.6 is 0 Å². The largest absolute Gasteiger partial charge is 0.462 e. The topological polar surface area (TPSA) is 119 Å². The van der Waals surface area contributed by atoms with Gasteiger partial charge in [-0.05, 0) is 0 Å². The van der Waals surface area contributed by atoms with Gasteiger partial charge in [0.05, 0.1) is 13.2 Å². The van der Waals surface area contributed by atoms with Gasteiger partial charge in [0.1, 0.15) is 13.2 Å². The van der Waals surface area contributed by atoms with Crippen LogP contribution in [0.3, 0.4) is 0 Å². The Labute approximate surface area is 111 Å². The second-order valence-electron chi connectivity index (χ2n) is 3.28. The zero-order valence-corrected chi connectivity index (χ0v) is 11.2. The van der Waals surface area contributed by atoms with E-state index in [1.54, 1.807) is 0 Å². The Morgan fingerprint density at radius 2 is 1.21 bits per heavy atom. The molecule has 2 N–H and O–H groups in total. The van der Waals surface area contributed by atoms with Crippen LogP contribution in [0.4, 0.5) is 0 Å². The molecule has 0 aliphatic rings. The van der Waals surface area contributed by atoms with Gasteiger partial charge in [0.25, 0.3) is 0 Å². The van der Waals surface area contributed by atoms with Crippen molar-refractivity contribution in [1.29, 1.82) is 0 Å². The van der Waals surface area contributed by atoms with E-state index >= 15 is 0 Å².